The van der Waals surface area contributed by atoms with Gasteiger partial charge in [-0.05, 0) is 55.9 Å². The molecule has 1 aliphatic rings. The number of nitrogens with one attached hydrogen (secondary N) is 2. The fraction of sp³-hybridized carbons (Fsp3) is 0.381. The van der Waals surface area contributed by atoms with Crippen LogP contribution in [0.15, 0.2) is 52.3 Å². The van der Waals surface area contributed by atoms with E-state index in [9.17, 15) is 13.2 Å². The Hall–Kier alpha value is -2.03. The second kappa shape index (κ2) is 9.19. The summed E-state index contributed by atoms with van der Waals surface area (Å²) >= 11 is 1.45. The van der Waals surface area contributed by atoms with E-state index in [2.05, 4.69) is 40.1 Å². The zero-order chi connectivity index (χ0) is 21.0. The lowest BCUT2D eigenvalue weighted by atomic mass is 10.1. The minimum Gasteiger partial charge on any atom is -0.368 e. The van der Waals surface area contributed by atoms with Crippen molar-refractivity contribution in [1.82, 2.24) is 4.72 Å². The summed E-state index contributed by atoms with van der Waals surface area (Å²) in [7, 11) is -3.64. The van der Waals surface area contributed by atoms with E-state index in [1.165, 1.54) is 36.0 Å². The Morgan fingerprint density at radius 1 is 1.24 bits per heavy atom. The van der Waals surface area contributed by atoms with Crippen molar-refractivity contribution >= 4 is 39.1 Å². The zero-order valence-corrected chi connectivity index (χ0v) is 18.6. The molecule has 1 aliphatic heterocycles. The highest BCUT2D eigenvalue weighted by Crippen LogP contribution is 2.31. The Labute approximate surface area is 177 Å². The Kier molecular flexibility index (Phi) is 6.87. The quantitative estimate of drug-likeness (QED) is 0.492. The number of fused-ring (bicyclic) bond motifs is 1. The third-order valence-electron chi connectivity index (χ3n) is 5.01. The van der Waals surface area contributed by atoms with Crippen LogP contribution in [0.2, 0.25) is 0 Å². The van der Waals surface area contributed by atoms with Crippen molar-refractivity contribution < 1.29 is 13.2 Å². The summed E-state index contributed by atoms with van der Waals surface area (Å²) < 4.78 is 28.1. The van der Waals surface area contributed by atoms with E-state index in [0.29, 0.717) is 24.7 Å². The van der Waals surface area contributed by atoms with Crippen LogP contribution in [0.25, 0.3) is 0 Å². The maximum absolute atomic E-state index is 12.7. The van der Waals surface area contributed by atoms with Gasteiger partial charge >= 0.3 is 0 Å². The number of hydrogen-bond donors (Lipinski definition) is 2. The van der Waals surface area contributed by atoms with Crippen LogP contribution in [0.4, 0.5) is 11.4 Å². The van der Waals surface area contributed by atoms with Gasteiger partial charge in [0.15, 0.2) is 0 Å². The van der Waals surface area contributed by atoms with Crippen LogP contribution in [-0.4, -0.2) is 39.7 Å². The Balaban J connectivity index is 1.61. The molecule has 1 heterocycles. The maximum Gasteiger partial charge on any atom is 0.240 e. The molecule has 8 heteroatoms. The first-order chi connectivity index (χ1) is 13.8. The second-order valence-corrected chi connectivity index (χ2v) is 9.78. The molecule has 156 valence electrons. The summed E-state index contributed by atoms with van der Waals surface area (Å²) in [6.45, 7) is 4.75. The summed E-state index contributed by atoms with van der Waals surface area (Å²) in [5.41, 5.74) is 3.10. The first-order valence-corrected chi connectivity index (χ1v) is 12.3. The van der Waals surface area contributed by atoms with Gasteiger partial charge in [0.1, 0.15) is 0 Å². The van der Waals surface area contributed by atoms with Crippen molar-refractivity contribution in [2.75, 3.05) is 29.6 Å². The SMILES string of the molecule is CSc1ccc(S(=O)(=O)NCCCN2c3ccccc3C[C@H]2C)cc1NC(C)=O. The predicted octanol–water partition coefficient (Wildman–Crippen LogP) is 3.49. The van der Waals surface area contributed by atoms with Crippen LogP contribution in [0.5, 0.6) is 0 Å². The first-order valence-electron chi connectivity index (χ1n) is 9.61. The molecular weight excluding hydrogens is 406 g/mol. The van der Waals surface area contributed by atoms with Crippen molar-refractivity contribution in [1.29, 1.82) is 0 Å². The van der Waals surface area contributed by atoms with Gasteiger partial charge in [-0.25, -0.2) is 13.1 Å². The third-order valence-corrected chi connectivity index (χ3v) is 7.26. The largest absolute Gasteiger partial charge is 0.368 e. The first kappa shape index (κ1) is 21.7. The molecule has 0 bridgehead atoms. The molecule has 0 saturated carbocycles. The molecule has 0 aromatic heterocycles. The van der Waals surface area contributed by atoms with E-state index in [1.807, 2.05) is 12.3 Å². The molecule has 3 rings (SSSR count). The molecular formula is C21H27N3O3S2. The number of nitrogens with zero attached hydrogens (tertiary/aromatic N) is 1. The molecule has 1 amide bonds. The monoisotopic (exact) mass is 433 g/mol. The number of anilines is 2. The normalized spacial score (nSPS) is 16.0. The van der Waals surface area contributed by atoms with Gasteiger partial charge < -0.3 is 10.2 Å². The van der Waals surface area contributed by atoms with Crippen molar-refractivity contribution in [3.63, 3.8) is 0 Å². The third kappa shape index (κ3) is 5.12. The van der Waals surface area contributed by atoms with Crippen LogP contribution in [-0.2, 0) is 21.2 Å². The van der Waals surface area contributed by atoms with Crippen LogP contribution in [0, 0.1) is 0 Å². The molecule has 29 heavy (non-hydrogen) atoms. The number of thioether (sulfide) groups is 1. The van der Waals surface area contributed by atoms with Gasteiger partial charge in [-0.1, -0.05) is 18.2 Å². The molecule has 0 unspecified atom stereocenters. The maximum atomic E-state index is 12.7. The zero-order valence-electron chi connectivity index (χ0n) is 16.9. The summed E-state index contributed by atoms with van der Waals surface area (Å²) in [5, 5.41) is 2.70. The van der Waals surface area contributed by atoms with E-state index in [-0.39, 0.29) is 10.8 Å². The molecule has 0 fully saturated rings. The number of sulfonamides is 1. The minimum atomic E-state index is -3.64. The van der Waals surface area contributed by atoms with Crippen molar-refractivity contribution in [2.45, 2.75) is 42.5 Å². The van der Waals surface area contributed by atoms with Crippen LogP contribution >= 0.6 is 11.8 Å². The van der Waals surface area contributed by atoms with Gasteiger partial charge in [0.2, 0.25) is 15.9 Å². The summed E-state index contributed by atoms with van der Waals surface area (Å²) in [6.07, 6.45) is 3.61. The molecule has 2 N–H and O–H groups in total. The van der Waals surface area contributed by atoms with E-state index >= 15 is 0 Å². The van der Waals surface area contributed by atoms with Gasteiger partial charge in [-0.3, -0.25) is 4.79 Å². The average molecular weight is 434 g/mol. The van der Waals surface area contributed by atoms with E-state index in [1.54, 1.807) is 12.1 Å². The molecule has 0 aliphatic carbocycles. The number of carbonyl (C=O) groups excluding carboxylic acids is 1. The lowest BCUT2D eigenvalue weighted by Gasteiger charge is -2.25. The number of carbonyl (C=O) groups is 1. The standard InChI is InChI=1S/C21H27N3O3S2/c1-15-13-17-7-4-5-8-20(17)24(15)12-6-11-22-29(26,27)18-9-10-21(28-3)19(14-18)23-16(2)25/h4-5,7-10,14-15,22H,6,11-13H2,1-3H3,(H,23,25)/t15-/m1/s1. The Morgan fingerprint density at radius 2 is 2.00 bits per heavy atom. The summed E-state index contributed by atoms with van der Waals surface area (Å²) in [4.78, 5) is 14.7. The molecule has 1 atom stereocenters. The molecule has 2 aromatic carbocycles. The lowest BCUT2D eigenvalue weighted by molar-refractivity contribution is -0.114. The summed E-state index contributed by atoms with van der Waals surface area (Å²) in [5.74, 6) is -0.233. The van der Waals surface area contributed by atoms with E-state index in [4.69, 9.17) is 0 Å². The van der Waals surface area contributed by atoms with E-state index < -0.39 is 10.0 Å². The predicted molar refractivity (Wildman–Crippen MR) is 119 cm³/mol. The van der Waals surface area contributed by atoms with Gasteiger partial charge in [0.25, 0.3) is 0 Å². The van der Waals surface area contributed by atoms with Gasteiger partial charge in [-0.15, -0.1) is 11.8 Å². The number of benzene rings is 2. The topological polar surface area (TPSA) is 78.5 Å². The molecule has 0 radical (unpaired) electrons. The number of para-hydroxylation sites is 1. The van der Waals surface area contributed by atoms with Crippen LogP contribution < -0.4 is 14.9 Å². The van der Waals surface area contributed by atoms with Gasteiger partial charge in [0.05, 0.1) is 10.6 Å². The summed E-state index contributed by atoms with van der Waals surface area (Å²) in [6, 6.07) is 13.6. The number of amides is 1. The minimum absolute atomic E-state index is 0.152. The molecule has 6 nitrogen and oxygen atoms in total. The van der Waals surface area contributed by atoms with E-state index in [0.717, 1.165) is 17.9 Å². The van der Waals surface area contributed by atoms with Gasteiger partial charge in [-0.2, -0.15) is 0 Å². The highest BCUT2D eigenvalue weighted by atomic mass is 32.2. The molecule has 2 aromatic rings. The number of hydrogen-bond acceptors (Lipinski definition) is 5. The fourth-order valence-electron chi connectivity index (χ4n) is 3.65. The second-order valence-electron chi connectivity index (χ2n) is 7.17. The number of rotatable bonds is 8. The molecule has 0 spiro atoms. The molecule has 0 saturated heterocycles. The highest BCUT2D eigenvalue weighted by molar-refractivity contribution is 7.98. The average Bonchev–Trinajstić information content (AvgIpc) is 3.00. The van der Waals surface area contributed by atoms with Crippen molar-refractivity contribution in [2.24, 2.45) is 0 Å². The van der Waals surface area contributed by atoms with Crippen molar-refractivity contribution in [3.05, 3.63) is 48.0 Å². The van der Waals surface area contributed by atoms with Crippen LogP contribution in [0.3, 0.4) is 0 Å². The highest BCUT2D eigenvalue weighted by Gasteiger charge is 2.25. The Morgan fingerprint density at radius 3 is 2.72 bits per heavy atom. The lowest BCUT2D eigenvalue weighted by Crippen LogP contribution is -2.33. The Bertz CT molecular complexity index is 992. The smallest absolute Gasteiger partial charge is 0.240 e. The van der Waals surface area contributed by atoms with Crippen molar-refractivity contribution in [3.8, 4) is 0 Å². The van der Waals surface area contributed by atoms with Crippen LogP contribution in [0.1, 0.15) is 25.8 Å². The fourth-order valence-corrected chi connectivity index (χ4v) is 5.29. The van der Waals surface area contributed by atoms with Gasteiger partial charge in [0, 0.05) is 36.6 Å².